The van der Waals surface area contributed by atoms with E-state index in [4.69, 9.17) is 14.2 Å². The van der Waals surface area contributed by atoms with E-state index < -0.39 is 28.5 Å². The van der Waals surface area contributed by atoms with E-state index in [1.165, 1.54) is 38.4 Å². The number of ether oxygens (including phenoxy) is 3. The minimum atomic E-state index is -3.90. The zero-order valence-electron chi connectivity index (χ0n) is 21.6. The third kappa shape index (κ3) is 7.27. The maximum atomic E-state index is 13.7. The van der Waals surface area contributed by atoms with Gasteiger partial charge in [-0.2, -0.15) is 0 Å². The number of likely N-dealkylation sites (N-methyl/N-ethyl adjacent to an activating group) is 1. The average molecular weight is 522 g/mol. The van der Waals surface area contributed by atoms with Crippen molar-refractivity contribution in [3.05, 3.63) is 48.0 Å². The second-order valence-corrected chi connectivity index (χ2v) is 9.91. The molecule has 0 bridgehead atoms. The predicted molar refractivity (Wildman–Crippen MR) is 138 cm³/mol. The third-order valence-electron chi connectivity index (χ3n) is 5.56. The molecule has 0 fully saturated rings. The molecule has 2 aromatic carbocycles. The van der Waals surface area contributed by atoms with Crippen LogP contribution < -0.4 is 23.8 Å². The summed E-state index contributed by atoms with van der Waals surface area (Å²) in [6.45, 7) is 3.55. The number of carbonyl (C=O) groups excluding carboxylic acids is 2. The summed E-state index contributed by atoms with van der Waals surface area (Å²) >= 11 is 0. The maximum Gasteiger partial charge on any atom is 0.244 e. The van der Waals surface area contributed by atoms with Gasteiger partial charge in [0.15, 0.2) is 0 Å². The Kier molecular flexibility index (Phi) is 10.4. The zero-order valence-corrected chi connectivity index (χ0v) is 22.4. The van der Waals surface area contributed by atoms with E-state index in [0.29, 0.717) is 24.5 Å². The molecule has 0 aliphatic carbocycles. The van der Waals surface area contributed by atoms with Gasteiger partial charge in [0.05, 0.1) is 33.3 Å². The van der Waals surface area contributed by atoms with Gasteiger partial charge in [-0.1, -0.05) is 19.1 Å². The third-order valence-corrected chi connectivity index (χ3v) is 6.69. The molecular formula is C25H35N3O7S. The Balaban J connectivity index is 2.51. The molecule has 0 spiro atoms. The second kappa shape index (κ2) is 13.0. The van der Waals surface area contributed by atoms with Gasteiger partial charge in [-0.15, -0.1) is 0 Å². The molecule has 198 valence electrons. The highest BCUT2D eigenvalue weighted by Gasteiger charge is 2.32. The highest BCUT2D eigenvalue weighted by Crippen LogP contribution is 2.33. The van der Waals surface area contributed by atoms with Crippen molar-refractivity contribution in [1.29, 1.82) is 0 Å². The number of hydrogen-bond donors (Lipinski definition) is 1. The van der Waals surface area contributed by atoms with E-state index in [-0.39, 0.29) is 23.9 Å². The lowest BCUT2D eigenvalue weighted by Gasteiger charge is -2.33. The fourth-order valence-corrected chi connectivity index (χ4v) is 4.62. The lowest BCUT2D eigenvalue weighted by molar-refractivity contribution is -0.140. The quantitative estimate of drug-likeness (QED) is 0.431. The number of nitrogens with one attached hydrogen (secondary N) is 1. The monoisotopic (exact) mass is 521 g/mol. The van der Waals surface area contributed by atoms with Gasteiger partial charge in [-0.25, -0.2) is 8.42 Å². The number of carbonyl (C=O) groups is 2. The molecule has 0 radical (unpaired) electrons. The Labute approximate surface area is 213 Å². The van der Waals surface area contributed by atoms with Gasteiger partial charge in [0.1, 0.15) is 29.8 Å². The summed E-state index contributed by atoms with van der Waals surface area (Å²) in [5.74, 6) is 0.440. The van der Waals surface area contributed by atoms with Crippen LogP contribution in [0.3, 0.4) is 0 Å². The number of rotatable bonds is 13. The van der Waals surface area contributed by atoms with Gasteiger partial charge in [-0.3, -0.25) is 13.9 Å². The van der Waals surface area contributed by atoms with Crippen LogP contribution in [0.15, 0.2) is 42.5 Å². The smallest absolute Gasteiger partial charge is 0.244 e. The number of anilines is 1. The highest BCUT2D eigenvalue weighted by molar-refractivity contribution is 7.92. The van der Waals surface area contributed by atoms with Gasteiger partial charge >= 0.3 is 0 Å². The first-order valence-corrected chi connectivity index (χ1v) is 13.3. The Morgan fingerprint density at radius 1 is 0.972 bits per heavy atom. The molecule has 2 aromatic rings. The second-order valence-electron chi connectivity index (χ2n) is 8.00. The van der Waals surface area contributed by atoms with Crippen LogP contribution in [0, 0.1) is 0 Å². The predicted octanol–water partition coefficient (Wildman–Crippen LogP) is 2.42. The summed E-state index contributed by atoms with van der Waals surface area (Å²) in [5, 5.41) is 2.76. The van der Waals surface area contributed by atoms with E-state index in [9.17, 15) is 18.0 Å². The Hall–Kier alpha value is -3.47. The normalized spacial score (nSPS) is 11.8. The molecule has 0 aliphatic rings. The lowest BCUT2D eigenvalue weighted by atomic mass is 10.1. The summed E-state index contributed by atoms with van der Waals surface area (Å²) < 4.78 is 42.4. The molecule has 0 heterocycles. The Morgan fingerprint density at radius 3 is 2.19 bits per heavy atom. The molecular weight excluding hydrogens is 486 g/mol. The molecule has 2 amide bonds. The van der Waals surface area contributed by atoms with Crippen LogP contribution in [0.1, 0.15) is 25.8 Å². The summed E-state index contributed by atoms with van der Waals surface area (Å²) in [4.78, 5) is 28.0. The van der Waals surface area contributed by atoms with Crippen LogP contribution in [0.2, 0.25) is 0 Å². The number of benzene rings is 2. The topological polar surface area (TPSA) is 114 Å². The number of hydrogen-bond acceptors (Lipinski definition) is 7. The fraction of sp³-hybridized carbons (Fsp3) is 0.440. The summed E-state index contributed by atoms with van der Waals surface area (Å²) in [6.07, 6.45) is 1.35. The SMILES string of the molecule is CCNC(=O)[C@H](CC)N(Cc1cccc(OC)c1)C(=O)CN(c1ccc(OC)cc1OC)S(C)(=O)=O. The van der Waals surface area contributed by atoms with Crippen LogP contribution in [0.4, 0.5) is 5.69 Å². The molecule has 11 heteroatoms. The average Bonchev–Trinajstić information content (AvgIpc) is 2.86. The molecule has 36 heavy (non-hydrogen) atoms. The van der Waals surface area contributed by atoms with E-state index >= 15 is 0 Å². The molecule has 0 saturated carbocycles. The molecule has 0 aromatic heterocycles. The van der Waals surface area contributed by atoms with Crippen molar-refractivity contribution in [3.63, 3.8) is 0 Å². The molecule has 0 aliphatic heterocycles. The molecule has 0 saturated heterocycles. The van der Waals surface area contributed by atoms with Crippen molar-refractivity contribution < 1.29 is 32.2 Å². The van der Waals surface area contributed by atoms with Gasteiger partial charge in [0.25, 0.3) is 0 Å². The maximum absolute atomic E-state index is 13.7. The van der Waals surface area contributed by atoms with Crippen molar-refractivity contribution >= 4 is 27.5 Å². The van der Waals surface area contributed by atoms with Gasteiger partial charge < -0.3 is 24.4 Å². The summed E-state index contributed by atoms with van der Waals surface area (Å²) in [5.41, 5.74) is 0.917. The van der Waals surface area contributed by atoms with Gasteiger partial charge in [-0.05, 0) is 43.2 Å². The van der Waals surface area contributed by atoms with Gasteiger partial charge in [0.2, 0.25) is 21.8 Å². The minimum absolute atomic E-state index is 0.0863. The van der Waals surface area contributed by atoms with Crippen molar-refractivity contribution in [2.24, 2.45) is 0 Å². The van der Waals surface area contributed by atoms with Crippen LogP contribution in [0.5, 0.6) is 17.2 Å². The summed E-state index contributed by atoms with van der Waals surface area (Å²) in [6, 6.07) is 11.0. The van der Waals surface area contributed by atoms with Crippen LogP contribution in [0.25, 0.3) is 0 Å². The fourth-order valence-electron chi connectivity index (χ4n) is 3.76. The number of sulfonamides is 1. The number of amides is 2. The summed E-state index contributed by atoms with van der Waals surface area (Å²) in [7, 11) is 0.521. The minimum Gasteiger partial charge on any atom is -0.497 e. The molecule has 1 atom stereocenters. The van der Waals surface area contributed by atoms with Crippen molar-refractivity contribution in [1.82, 2.24) is 10.2 Å². The van der Waals surface area contributed by atoms with E-state index in [0.717, 1.165) is 16.1 Å². The van der Waals surface area contributed by atoms with E-state index in [2.05, 4.69) is 5.32 Å². The van der Waals surface area contributed by atoms with Crippen LogP contribution >= 0.6 is 0 Å². The largest absolute Gasteiger partial charge is 0.497 e. The number of nitrogens with zero attached hydrogens (tertiary/aromatic N) is 2. The van der Waals surface area contributed by atoms with Crippen LogP contribution in [-0.4, -0.2) is 71.8 Å². The van der Waals surface area contributed by atoms with Gasteiger partial charge in [0, 0.05) is 19.2 Å². The highest BCUT2D eigenvalue weighted by atomic mass is 32.2. The lowest BCUT2D eigenvalue weighted by Crippen LogP contribution is -2.52. The first-order chi connectivity index (χ1) is 17.1. The van der Waals surface area contributed by atoms with Crippen molar-refractivity contribution in [3.8, 4) is 17.2 Å². The molecule has 2 rings (SSSR count). The molecule has 1 N–H and O–H groups in total. The van der Waals surface area contributed by atoms with Crippen LogP contribution in [-0.2, 0) is 26.2 Å². The first kappa shape index (κ1) is 28.8. The number of methoxy groups -OCH3 is 3. The van der Waals surface area contributed by atoms with Crippen molar-refractivity contribution in [2.45, 2.75) is 32.9 Å². The zero-order chi connectivity index (χ0) is 26.9. The van der Waals surface area contributed by atoms with E-state index in [1.54, 1.807) is 38.1 Å². The Morgan fingerprint density at radius 2 is 1.64 bits per heavy atom. The molecule has 0 unspecified atom stereocenters. The Bertz CT molecular complexity index is 1150. The van der Waals surface area contributed by atoms with E-state index in [1.807, 2.05) is 6.07 Å². The standard InChI is InChI=1S/C25H35N3O7S/c1-7-21(25(30)26-8-2)27(16-18-10-9-11-19(14-18)33-3)24(29)17-28(36(6,31)32)22-13-12-20(34-4)15-23(22)35-5/h9-15,21H,7-8,16-17H2,1-6H3,(H,26,30)/t21-/m0/s1. The van der Waals surface area contributed by atoms with Crippen molar-refractivity contribution in [2.75, 3.05) is 45.0 Å². The molecule has 10 nitrogen and oxygen atoms in total. The first-order valence-electron chi connectivity index (χ1n) is 11.5.